The van der Waals surface area contributed by atoms with Crippen molar-refractivity contribution in [3.05, 3.63) is 146 Å². The Morgan fingerprint density at radius 2 is 0.957 bits per heavy atom. The molecule has 0 saturated heterocycles. The molecule has 0 saturated carbocycles. The maximum absolute atomic E-state index is 6.34. The SMILES string of the molecule is c1ccc2c(-c3ccc(-c4cccc5c4ccc4c6ccccc6oc54)cc3)nc(-c3ccc4c(c3)oc3ccccc34)nc2c1. The molecule has 4 nitrogen and oxygen atoms in total. The normalized spacial score (nSPS) is 11.9. The van der Waals surface area contributed by atoms with Gasteiger partial charge in [-0.3, -0.25) is 0 Å². The van der Waals surface area contributed by atoms with Crippen LogP contribution in [0.15, 0.2) is 154 Å². The van der Waals surface area contributed by atoms with Crippen LogP contribution in [0.1, 0.15) is 0 Å². The largest absolute Gasteiger partial charge is 0.456 e. The molecule has 0 aliphatic carbocycles. The molecule has 46 heavy (non-hydrogen) atoms. The quantitative estimate of drug-likeness (QED) is 0.206. The highest BCUT2D eigenvalue weighted by Gasteiger charge is 2.16. The van der Waals surface area contributed by atoms with Crippen molar-refractivity contribution in [2.75, 3.05) is 0 Å². The third kappa shape index (κ3) is 3.74. The van der Waals surface area contributed by atoms with Gasteiger partial charge in [0.1, 0.15) is 22.3 Å². The molecule has 0 aliphatic heterocycles. The van der Waals surface area contributed by atoms with Crippen molar-refractivity contribution in [3.8, 4) is 33.8 Å². The highest BCUT2D eigenvalue weighted by molar-refractivity contribution is 6.17. The Hall–Kier alpha value is -6.26. The van der Waals surface area contributed by atoms with E-state index in [2.05, 4.69) is 91.0 Å². The molecule has 3 aromatic heterocycles. The summed E-state index contributed by atoms with van der Waals surface area (Å²) in [7, 11) is 0. The summed E-state index contributed by atoms with van der Waals surface area (Å²) in [5.41, 5.74) is 9.61. The van der Waals surface area contributed by atoms with E-state index in [0.29, 0.717) is 5.82 Å². The Bertz CT molecular complexity index is 2810. The summed E-state index contributed by atoms with van der Waals surface area (Å²) in [4.78, 5) is 10.1. The van der Waals surface area contributed by atoms with Crippen LogP contribution in [0.2, 0.25) is 0 Å². The molecule has 4 heteroatoms. The standard InChI is InChI=1S/C42H24N2O2/c1-4-13-36-35(10-1)40(44-42(43-36)27-20-21-32-30-8-2-5-14-37(30)45-39(32)24-27)26-18-16-25(17-19-26)28-11-7-12-33-29(28)22-23-34-31-9-3-6-15-38(31)46-41(33)34/h1-24H. The summed E-state index contributed by atoms with van der Waals surface area (Å²) in [5.74, 6) is 0.670. The summed E-state index contributed by atoms with van der Waals surface area (Å²) < 4.78 is 12.5. The van der Waals surface area contributed by atoms with Crippen molar-refractivity contribution in [2.45, 2.75) is 0 Å². The summed E-state index contributed by atoms with van der Waals surface area (Å²) >= 11 is 0. The Kier molecular flexibility index (Phi) is 5.25. The van der Waals surface area contributed by atoms with Gasteiger partial charge in [0.15, 0.2) is 5.82 Å². The molecule has 0 amide bonds. The van der Waals surface area contributed by atoms with E-state index >= 15 is 0 Å². The maximum atomic E-state index is 6.34. The monoisotopic (exact) mass is 588 g/mol. The van der Waals surface area contributed by atoms with Crippen molar-refractivity contribution in [3.63, 3.8) is 0 Å². The van der Waals surface area contributed by atoms with E-state index in [0.717, 1.165) is 87.9 Å². The van der Waals surface area contributed by atoms with E-state index in [1.165, 1.54) is 5.56 Å². The first-order valence-electron chi connectivity index (χ1n) is 15.4. The molecule has 0 N–H and O–H groups in total. The average Bonchev–Trinajstić information content (AvgIpc) is 3.69. The minimum Gasteiger partial charge on any atom is -0.456 e. The van der Waals surface area contributed by atoms with E-state index in [1.54, 1.807) is 0 Å². The molecular weight excluding hydrogens is 564 g/mol. The van der Waals surface area contributed by atoms with Crippen LogP contribution in [0.4, 0.5) is 0 Å². The van der Waals surface area contributed by atoms with E-state index in [1.807, 2.05) is 54.6 Å². The molecule has 0 atom stereocenters. The second-order valence-electron chi connectivity index (χ2n) is 11.7. The van der Waals surface area contributed by atoms with Gasteiger partial charge in [-0.2, -0.15) is 0 Å². The smallest absolute Gasteiger partial charge is 0.160 e. The van der Waals surface area contributed by atoms with Crippen LogP contribution in [0.5, 0.6) is 0 Å². The van der Waals surface area contributed by atoms with Gasteiger partial charge in [0.2, 0.25) is 0 Å². The van der Waals surface area contributed by atoms with Gasteiger partial charge in [0, 0.05) is 43.4 Å². The molecule has 10 rings (SSSR count). The average molecular weight is 589 g/mol. The van der Waals surface area contributed by atoms with Crippen LogP contribution in [0.3, 0.4) is 0 Å². The third-order valence-corrected chi connectivity index (χ3v) is 9.11. The van der Waals surface area contributed by atoms with Crippen LogP contribution in [0.25, 0.3) is 99.3 Å². The minimum absolute atomic E-state index is 0.670. The number of para-hydroxylation sites is 3. The highest BCUT2D eigenvalue weighted by atomic mass is 16.3. The summed E-state index contributed by atoms with van der Waals surface area (Å²) in [6, 6.07) is 50.3. The van der Waals surface area contributed by atoms with E-state index in [9.17, 15) is 0 Å². The van der Waals surface area contributed by atoms with Crippen molar-refractivity contribution >= 4 is 65.6 Å². The maximum Gasteiger partial charge on any atom is 0.160 e. The zero-order chi connectivity index (χ0) is 30.2. The van der Waals surface area contributed by atoms with Gasteiger partial charge in [0.25, 0.3) is 0 Å². The number of nitrogens with zero attached hydrogens (tertiary/aromatic N) is 2. The van der Waals surface area contributed by atoms with E-state index in [-0.39, 0.29) is 0 Å². The van der Waals surface area contributed by atoms with Gasteiger partial charge in [-0.25, -0.2) is 9.97 Å². The van der Waals surface area contributed by atoms with Crippen LogP contribution < -0.4 is 0 Å². The number of fused-ring (bicyclic) bond motifs is 9. The lowest BCUT2D eigenvalue weighted by molar-refractivity contribution is 0.669. The number of furan rings is 2. The van der Waals surface area contributed by atoms with Crippen molar-refractivity contribution in [1.82, 2.24) is 9.97 Å². The fourth-order valence-electron chi connectivity index (χ4n) is 6.89. The summed E-state index contributed by atoms with van der Waals surface area (Å²) in [6.07, 6.45) is 0. The lowest BCUT2D eigenvalue weighted by atomic mass is 9.95. The fourth-order valence-corrected chi connectivity index (χ4v) is 6.89. The van der Waals surface area contributed by atoms with E-state index < -0.39 is 0 Å². The van der Waals surface area contributed by atoms with Gasteiger partial charge in [-0.05, 0) is 52.9 Å². The lowest BCUT2D eigenvalue weighted by Gasteiger charge is -2.11. The second kappa shape index (κ2) is 9.62. The molecule has 0 aliphatic rings. The predicted octanol–water partition coefficient (Wildman–Crippen LogP) is 11.6. The van der Waals surface area contributed by atoms with Crippen LogP contribution in [0, 0.1) is 0 Å². The topological polar surface area (TPSA) is 52.1 Å². The van der Waals surface area contributed by atoms with E-state index in [4.69, 9.17) is 18.8 Å². The molecule has 7 aromatic carbocycles. The van der Waals surface area contributed by atoms with Crippen molar-refractivity contribution < 1.29 is 8.83 Å². The number of hydrogen-bond donors (Lipinski definition) is 0. The molecule has 3 heterocycles. The minimum atomic E-state index is 0.670. The summed E-state index contributed by atoms with van der Waals surface area (Å²) in [6.45, 7) is 0. The van der Waals surface area contributed by atoms with Gasteiger partial charge in [0.05, 0.1) is 11.2 Å². The summed E-state index contributed by atoms with van der Waals surface area (Å²) in [5, 5.41) is 7.77. The Labute approximate surface area is 263 Å². The predicted molar refractivity (Wildman–Crippen MR) is 188 cm³/mol. The van der Waals surface area contributed by atoms with Crippen LogP contribution >= 0.6 is 0 Å². The molecule has 10 aromatic rings. The molecule has 0 unspecified atom stereocenters. The highest BCUT2D eigenvalue weighted by Crippen LogP contribution is 2.39. The first-order valence-corrected chi connectivity index (χ1v) is 15.4. The van der Waals surface area contributed by atoms with Crippen LogP contribution in [-0.2, 0) is 0 Å². The second-order valence-corrected chi connectivity index (χ2v) is 11.7. The number of aromatic nitrogens is 2. The van der Waals surface area contributed by atoms with Gasteiger partial charge >= 0.3 is 0 Å². The molecule has 0 radical (unpaired) electrons. The van der Waals surface area contributed by atoms with Crippen molar-refractivity contribution in [1.29, 1.82) is 0 Å². The van der Waals surface area contributed by atoms with Gasteiger partial charge in [-0.15, -0.1) is 0 Å². The Morgan fingerprint density at radius 3 is 1.80 bits per heavy atom. The van der Waals surface area contributed by atoms with Crippen molar-refractivity contribution in [2.24, 2.45) is 0 Å². The Balaban J connectivity index is 1.09. The zero-order valence-electron chi connectivity index (χ0n) is 24.6. The number of benzene rings is 7. The number of hydrogen-bond acceptors (Lipinski definition) is 4. The van der Waals surface area contributed by atoms with Crippen LogP contribution in [-0.4, -0.2) is 9.97 Å². The van der Waals surface area contributed by atoms with Gasteiger partial charge < -0.3 is 8.83 Å². The third-order valence-electron chi connectivity index (χ3n) is 9.11. The lowest BCUT2D eigenvalue weighted by Crippen LogP contribution is -1.95. The fraction of sp³-hybridized carbons (Fsp3) is 0. The number of rotatable bonds is 3. The molecular formula is C42H24N2O2. The van der Waals surface area contributed by atoms with Gasteiger partial charge in [-0.1, -0.05) is 109 Å². The zero-order valence-corrected chi connectivity index (χ0v) is 24.6. The Morgan fingerprint density at radius 1 is 0.370 bits per heavy atom. The molecule has 0 bridgehead atoms. The molecule has 0 spiro atoms. The first-order chi connectivity index (χ1) is 22.8. The molecule has 214 valence electrons. The molecule has 0 fully saturated rings. The first kappa shape index (κ1) is 25.1.